The van der Waals surface area contributed by atoms with Crippen LogP contribution in [-0.4, -0.2) is 33.5 Å². The summed E-state index contributed by atoms with van der Waals surface area (Å²) in [6, 6.07) is 10.7. The molecule has 5 N–H and O–H groups in total. The number of oxime groups is 1. The molecule has 1 aromatic carbocycles. The van der Waals surface area contributed by atoms with E-state index >= 15 is 0 Å². The first-order chi connectivity index (χ1) is 13.0. The molecule has 0 bridgehead atoms. The zero-order chi connectivity index (χ0) is 19.2. The van der Waals surface area contributed by atoms with E-state index in [0.29, 0.717) is 28.0 Å². The van der Waals surface area contributed by atoms with Crippen LogP contribution in [0.3, 0.4) is 0 Å². The van der Waals surface area contributed by atoms with Gasteiger partial charge in [0.05, 0.1) is 5.56 Å². The Hall–Kier alpha value is -4.12. The molecular weight excluding hydrogens is 346 g/mol. The van der Waals surface area contributed by atoms with Gasteiger partial charge in [-0.1, -0.05) is 29.1 Å². The van der Waals surface area contributed by atoms with E-state index < -0.39 is 12.6 Å². The Morgan fingerprint density at radius 1 is 1.22 bits per heavy atom. The maximum absolute atomic E-state index is 10.4. The van der Waals surface area contributed by atoms with E-state index in [9.17, 15) is 4.79 Å². The van der Waals surface area contributed by atoms with Gasteiger partial charge < -0.3 is 21.4 Å². The molecule has 0 amide bonds. The van der Waals surface area contributed by atoms with Crippen LogP contribution in [0.2, 0.25) is 0 Å². The summed E-state index contributed by atoms with van der Waals surface area (Å²) in [6.45, 7) is -0.564. The van der Waals surface area contributed by atoms with Crippen molar-refractivity contribution in [3.8, 4) is 11.8 Å². The van der Waals surface area contributed by atoms with Crippen molar-refractivity contribution in [1.82, 2.24) is 9.97 Å². The standard InChI is InChI=1S/C19H15N5O3/c20-18(24-27-11-16(25)26)13-4-1-3-12(9-13)6-7-14-10-23-19(21)17-15(14)5-2-8-22-17/h1-5,8-10H,11H2,(H2,20,24)(H2,21,23)(H,25,26). The number of amidine groups is 1. The molecule has 2 aromatic heterocycles. The molecule has 0 fully saturated rings. The summed E-state index contributed by atoms with van der Waals surface area (Å²) in [5, 5.41) is 12.9. The second kappa shape index (κ2) is 7.84. The number of pyridine rings is 2. The van der Waals surface area contributed by atoms with Crippen molar-refractivity contribution in [2.24, 2.45) is 10.9 Å². The van der Waals surface area contributed by atoms with Gasteiger partial charge in [-0.05, 0) is 24.3 Å². The van der Waals surface area contributed by atoms with E-state index in [1.165, 1.54) is 0 Å². The van der Waals surface area contributed by atoms with E-state index in [2.05, 4.69) is 31.8 Å². The van der Waals surface area contributed by atoms with Crippen LogP contribution in [0.5, 0.6) is 0 Å². The third kappa shape index (κ3) is 4.29. The molecule has 3 aromatic rings. The van der Waals surface area contributed by atoms with Crippen molar-refractivity contribution in [3.05, 3.63) is 65.5 Å². The molecule has 8 heteroatoms. The van der Waals surface area contributed by atoms with Crippen molar-refractivity contribution in [1.29, 1.82) is 0 Å². The number of aliphatic carboxylic acids is 1. The van der Waals surface area contributed by atoms with Gasteiger partial charge in [0.1, 0.15) is 11.3 Å². The maximum Gasteiger partial charge on any atom is 0.344 e. The van der Waals surface area contributed by atoms with Crippen LogP contribution in [0.15, 0.2) is 53.9 Å². The van der Waals surface area contributed by atoms with Gasteiger partial charge in [0.15, 0.2) is 5.84 Å². The highest BCUT2D eigenvalue weighted by molar-refractivity contribution is 5.97. The lowest BCUT2D eigenvalue weighted by Crippen LogP contribution is -2.15. The number of aromatic nitrogens is 2. The number of nitrogens with zero attached hydrogens (tertiary/aromatic N) is 3. The van der Waals surface area contributed by atoms with Crippen molar-refractivity contribution >= 4 is 28.5 Å². The van der Waals surface area contributed by atoms with Crippen LogP contribution in [0, 0.1) is 11.8 Å². The summed E-state index contributed by atoms with van der Waals surface area (Å²) in [7, 11) is 0. The minimum Gasteiger partial charge on any atom is -0.479 e. The Morgan fingerprint density at radius 2 is 2.07 bits per heavy atom. The Kier molecular flexibility index (Phi) is 5.14. The van der Waals surface area contributed by atoms with E-state index in [4.69, 9.17) is 16.6 Å². The molecule has 134 valence electrons. The average molecular weight is 361 g/mol. The number of rotatable bonds is 4. The topological polar surface area (TPSA) is 137 Å². The molecule has 0 unspecified atom stereocenters. The van der Waals surface area contributed by atoms with Gasteiger partial charge in [-0.3, -0.25) is 4.98 Å². The second-order valence-electron chi connectivity index (χ2n) is 5.43. The molecule has 3 rings (SSSR count). The fourth-order valence-electron chi connectivity index (χ4n) is 2.30. The number of nitrogen functional groups attached to an aromatic ring is 1. The SMILES string of the molecule is N/C(=N\OCC(=O)O)c1cccc(C#Cc2cnc(N)c3ncccc23)c1. The maximum atomic E-state index is 10.4. The Bertz CT molecular complexity index is 1100. The van der Waals surface area contributed by atoms with Gasteiger partial charge in [-0.2, -0.15) is 0 Å². The molecule has 0 aliphatic rings. The summed E-state index contributed by atoms with van der Waals surface area (Å²) in [5.41, 5.74) is 14.2. The minimum atomic E-state index is -1.13. The van der Waals surface area contributed by atoms with E-state index in [-0.39, 0.29) is 5.84 Å². The van der Waals surface area contributed by atoms with Crippen molar-refractivity contribution in [3.63, 3.8) is 0 Å². The number of hydrogen-bond donors (Lipinski definition) is 3. The van der Waals surface area contributed by atoms with E-state index in [1.54, 1.807) is 30.6 Å². The molecule has 0 saturated heterocycles. The number of anilines is 1. The van der Waals surface area contributed by atoms with Gasteiger partial charge in [-0.25, -0.2) is 9.78 Å². The molecule has 2 heterocycles. The van der Waals surface area contributed by atoms with Crippen LogP contribution >= 0.6 is 0 Å². The number of carboxylic acids is 1. The van der Waals surface area contributed by atoms with Crippen LogP contribution < -0.4 is 11.5 Å². The lowest BCUT2D eigenvalue weighted by molar-refractivity contribution is -0.142. The van der Waals surface area contributed by atoms with Crippen LogP contribution in [-0.2, 0) is 9.63 Å². The number of nitrogens with two attached hydrogens (primary N) is 2. The summed E-state index contributed by atoms with van der Waals surface area (Å²) in [5.74, 6) is 5.37. The first-order valence-corrected chi connectivity index (χ1v) is 7.83. The molecule has 27 heavy (non-hydrogen) atoms. The second-order valence-corrected chi connectivity index (χ2v) is 5.43. The summed E-state index contributed by atoms with van der Waals surface area (Å²) < 4.78 is 0. The lowest BCUT2D eigenvalue weighted by atomic mass is 10.1. The highest BCUT2D eigenvalue weighted by Crippen LogP contribution is 2.19. The molecule has 0 radical (unpaired) electrons. The van der Waals surface area contributed by atoms with Crippen molar-refractivity contribution in [2.45, 2.75) is 0 Å². The molecule has 8 nitrogen and oxygen atoms in total. The smallest absolute Gasteiger partial charge is 0.344 e. The third-order valence-electron chi connectivity index (χ3n) is 3.52. The first kappa shape index (κ1) is 17.7. The Labute approximate surface area is 154 Å². The van der Waals surface area contributed by atoms with E-state index in [1.807, 2.05) is 18.2 Å². The molecule has 0 spiro atoms. The summed E-state index contributed by atoms with van der Waals surface area (Å²) in [4.78, 5) is 23.4. The molecule has 0 aliphatic carbocycles. The van der Waals surface area contributed by atoms with Gasteiger partial charge in [0.2, 0.25) is 6.61 Å². The highest BCUT2D eigenvalue weighted by atomic mass is 16.6. The molecular formula is C19H15N5O3. The number of carbonyl (C=O) groups is 1. The van der Waals surface area contributed by atoms with Crippen LogP contribution in [0.25, 0.3) is 10.9 Å². The summed E-state index contributed by atoms with van der Waals surface area (Å²) >= 11 is 0. The fourth-order valence-corrected chi connectivity index (χ4v) is 2.30. The fraction of sp³-hybridized carbons (Fsp3) is 0.0526. The minimum absolute atomic E-state index is 0.0590. The molecule has 0 saturated carbocycles. The average Bonchev–Trinajstić information content (AvgIpc) is 2.67. The first-order valence-electron chi connectivity index (χ1n) is 7.83. The van der Waals surface area contributed by atoms with Crippen LogP contribution in [0.4, 0.5) is 5.82 Å². The van der Waals surface area contributed by atoms with Crippen molar-refractivity contribution < 1.29 is 14.7 Å². The number of benzene rings is 1. The number of carboxylic acid groups (broad SMARTS) is 1. The van der Waals surface area contributed by atoms with Gasteiger partial charge in [0.25, 0.3) is 0 Å². The number of hydrogen-bond acceptors (Lipinski definition) is 6. The Balaban J connectivity index is 1.88. The zero-order valence-electron chi connectivity index (χ0n) is 14.1. The molecule has 0 aliphatic heterocycles. The van der Waals surface area contributed by atoms with Gasteiger partial charge in [0, 0.05) is 28.9 Å². The molecule has 0 atom stereocenters. The predicted octanol–water partition coefficient (Wildman–Crippen LogP) is 1.33. The highest BCUT2D eigenvalue weighted by Gasteiger charge is 2.04. The zero-order valence-corrected chi connectivity index (χ0v) is 14.1. The van der Waals surface area contributed by atoms with E-state index in [0.717, 1.165) is 5.39 Å². The normalized spacial score (nSPS) is 10.9. The third-order valence-corrected chi connectivity index (χ3v) is 3.52. The predicted molar refractivity (Wildman–Crippen MR) is 101 cm³/mol. The van der Waals surface area contributed by atoms with Crippen LogP contribution in [0.1, 0.15) is 16.7 Å². The van der Waals surface area contributed by atoms with Gasteiger partial charge in [-0.15, -0.1) is 0 Å². The lowest BCUT2D eigenvalue weighted by Gasteiger charge is -2.02. The quantitative estimate of drug-likeness (QED) is 0.276. The monoisotopic (exact) mass is 361 g/mol. The largest absolute Gasteiger partial charge is 0.479 e. The summed E-state index contributed by atoms with van der Waals surface area (Å²) in [6.07, 6.45) is 3.25. The van der Waals surface area contributed by atoms with Gasteiger partial charge >= 0.3 is 5.97 Å². The van der Waals surface area contributed by atoms with Crippen molar-refractivity contribution in [2.75, 3.05) is 12.3 Å². The Morgan fingerprint density at radius 3 is 2.89 bits per heavy atom. The number of fused-ring (bicyclic) bond motifs is 1.